The maximum Gasteiger partial charge on any atom is 0.177 e. The minimum atomic E-state index is 0.449. The molecular formula is C8H6ClN3S2. The number of halogens is 1. The summed E-state index contributed by atoms with van der Waals surface area (Å²) >= 11 is 8.38. The van der Waals surface area contributed by atoms with Crippen molar-refractivity contribution in [3.05, 3.63) is 29.0 Å². The van der Waals surface area contributed by atoms with Gasteiger partial charge < -0.3 is 0 Å². The van der Waals surface area contributed by atoms with Crippen LogP contribution in [0.2, 0.25) is 5.15 Å². The number of pyridine rings is 1. The molecule has 6 heteroatoms. The Morgan fingerprint density at radius 1 is 1.36 bits per heavy atom. The summed E-state index contributed by atoms with van der Waals surface area (Å²) < 4.78 is 7.96. The van der Waals surface area contributed by atoms with Crippen LogP contribution in [0, 0.1) is 6.92 Å². The van der Waals surface area contributed by atoms with Crippen molar-refractivity contribution < 1.29 is 0 Å². The molecule has 0 aliphatic rings. The second-order valence-corrected chi connectivity index (χ2v) is 4.45. The van der Waals surface area contributed by atoms with Crippen LogP contribution in [-0.2, 0) is 0 Å². The van der Waals surface area contributed by atoms with Crippen molar-refractivity contribution in [2.24, 2.45) is 0 Å². The maximum atomic E-state index is 5.83. The lowest BCUT2D eigenvalue weighted by Crippen LogP contribution is -1.83. The van der Waals surface area contributed by atoms with E-state index in [4.69, 9.17) is 11.6 Å². The van der Waals surface area contributed by atoms with Gasteiger partial charge in [-0.1, -0.05) is 17.7 Å². The molecule has 0 fully saturated rings. The van der Waals surface area contributed by atoms with Crippen LogP contribution >= 0.6 is 35.1 Å². The lowest BCUT2D eigenvalue weighted by atomic mass is 10.3. The van der Waals surface area contributed by atoms with Crippen LogP contribution in [0.15, 0.2) is 28.4 Å². The van der Waals surface area contributed by atoms with Crippen LogP contribution in [0.4, 0.5) is 0 Å². The molecular weight excluding hydrogens is 238 g/mol. The third-order valence-electron chi connectivity index (χ3n) is 1.58. The molecule has 0 aliphatic heterocycles. The monoisotopic (exact) mass is 243 g/mol. The minimum absolute atomic E-state index is 0.449. The molecule has 0 radical (unpaired) electrons. The van der Waals surface area contributed by atoms with Gasteiger partial charge in [-0.05, 0) is 30.3 Å². The van der Waals surface area contributed by atoms with Crippen molar-refractivity contribution in [3.63, 3.8) is 0 Å². The van der Waals surface area contributed by atoms with Crippen LogP contribution in [0.25, 0.3) is 0 Å². The highest BCUT2D eigenvalue weighted by atomic mass is 35.5. The van der Waals surface area contributed by atoms with Crippen molar-refractivity contribution in [2.45, 2.75) is 17.0 Å². The van der Waals surface area contributed by atoms with Crippen molar-refractivity contribution >= 4 is 35.1 Å². The third-order valence-corrected chi connectivity index (χ3v) is 3.79. The SMILES string of the molecule is Cc1cccnc1Sc1nsnc1Cl. The van der Waals surface area contributed by atoms with E-state index in [1.54, 1.807) is 6.20 Å². The maximum absolute atomic E-state index is 5.83. The van der Waals surface area contributed by atoms with Gasteiger partial charge in [0.2, 0.25) is 0 Å². The minimum Gasteiger partial charge on any atom is -0.249 e. The van der Waals surface area contributed by atoms with Crippen molar-refractivity contribution in [3.8, 4) is 0 Å². The molecule has 2 heterocycles. The Hall–Kier alpha value is -0.650. The van der Waals surface area contributed by atoms with E-state index < -0.39 is 0 Å². The molecule has 0 atom stereocenters. The first-order valence-corrected chi connectivity index (χ1v) is 5.77. The van der Waals surface area contributed by atoms with Crippen LogP contribution in [0.1, 0.15) is 5.56 Å². The Kier molecular flexibility index (Phi) is 3.00. The standard InChI is InChI=1S/C8H6ClN3S2/c1-5-3-2-4-10-7(5)13-8-6(9)11-14-12-8/h2-4H,1H3. The molecule has 0 N–H and O–H groups in total. The zero-order valence-corrected chi connectivity index (χ0v) is 9.66. The second kappa shape index (κ2) is 4.25. The van der Waals surface area contributed by atoms with Crippen LogP contribution in [-0.4, -0.2) is 13.7 Å². The predicted octanol–water partition coefficient (Wildman–Crippen LogP) is 3.05. The molecule has 0 aromatic carbocycles. The van der Waals surface area contributed by atoms with Gasteiger partial charge in [0, 0.05) is 6.20 Å². The first kappa shape index (κ1) is 9.89. The predicted molar refractivity (Wildman–Crippen MR) is 58.0 cm³/mol. The molecule has 2 aromatic rings. The van der Waals surface area contributed by atoms with E-state index in [1.165, 1.54) is 11.8 Å². The topological polar surface area (TPSA) is 38.7 Å². The van der Waals surface area contributed by atoms with Crippen molar-refractivity contribution in [1.29, 1.82) is 0 Å². The number of nitrogens with zero attached hydrogens (tertiary/aromatic N) is 3. The highest BCUT2D eigenvalue weighted by Gasteiger charge is 2.09. The van der Waals surface area contributed by atoms with Gasteiger partial charge in [-0.2, -0.15) is 8.75 Å². The van der Waals surface area contributed by atoms with E-state index in [0.717, 1.165) is 27.3 Å². The van der Waals surface area contributed by atoms with Gasteiger partial charge in [0.05, 0.1) is 11.7 Å². The quantitative estimate of drug-likeness (QED) is 0.813. The summed E-state index contributed by atoms with van der Waals surface area (Å²) in [6, 6.07) is 3.91. The Balaban J connectivity index is 2.28. The van der Waals surface area contributed by atoms with Gasteiger partial charge in [-0.25, -0.2) is 4.98 Å². The number of hydrogen-bond donors (Lipinski definition) is 0. The first-order chi connectivity index (χ1) is 6.77. The average Bonchev–Trinajstić information content (AvgIpc) is 2.56. The molecule has 0 unspecified atom stereocenters. The van der Waals surface area contributed by atoms with Crippen LogP contribution < -0.4 is 0 Å². The Labute approximate surface area is 94.9 Å². The van der Waals surface area contributed by atoms with E-state index in [-0.39, 0.29) is 0 Å². The summed E-state index contributed by atoms with van der Waals surface area (Å²) in [5.74, 6) is 0. The summed E-state index contributed by atoms with van der Waals surface area (Å²) in [6.07, 6.45) is 1.75. The molecule has 0 aliphatic carbocycles. The van der Waals surface area contributed by atoms with Gasteiger partial charge in [0.1, 0.15) is 5.03 Å². The average molecular weight is 244 g/mol. The molecule has 0 spiro atoms. The fourth-order valence-corrected chi connectivity index (χ4v) is 2.52. The van der Waals surface area contributed by atoms with E-state index in [2.05, 4.69) is 13.7 Å². The zero-order chi connectivity index (χ0) is 9.97. The van der Waals surface area contributed by atoms with E-state index in [0.29, 0.717) is 5.15 Å². The summed E-state index contributed by atoms with van der Waals surface area (Å²) in [4.78, 5) is 4.24. The molecule has 0 amide bonds. The first-order valence-electron chi connectivity index (χ1n) is 3.85. The third kappa shape index (κ3) is 2.05. The highest BCUT2D eigenvalue weighted by Crippen LogP contribution is 2.31. The molecule has 2 rings (SSSR count). The Morgan fingerprint density at radius 2 is 2.21 bits per heavy atom. The Morgan fingerprint density at radius 3 is 2.86 bits per heavy atom. The van der Waals surface area contributed by atoms with Crippen LogP contribution in [0.5, 0.6) is 0 Å². The molecule has 0 bridgehead atoms. The van der Waals surface area contributed by atoms with E-state index in [1.807, 2.05) is 19.1 Å². The second-order valence-electron chi connectivity index (χ2n) is 2.59. The van der Waals surface area contributed by atoms with E-state index in [9.17, 15) is 0 Å². The lowest BCUT2D eigenvalue weighted by Gasteiger charge is -2.00. The molecule has 14 heavy (non-hydrogen) atoms. The molecule has 0 saturated carbocycles. The van der Waals surface area contributed by atoms with Gasteiger partial charge >= 0.3 is 0 Å². The smallest absolute Gasteiger partial charge is 0.177 e. The number of aromatic nitrogens is 3. The van der Waals surface area contributed by atoms with Crippen molar-refractivity contribution in [1.82, 2.24) is 13.7 Å². The summed E-state index contributed by atoms with van der Waals surface area (Å²) in [5, 5.41) is 2.09. The van der Waals surface area contributed by atoms with Gasteiger partial charge in [-0.15, -0.1) is 0 Å². The molecule has 3 nitrogen and oxygen atoms in total. The Bertz CT molecular complexity index is 444. The van der Waals surface area contributed by atoms with Gasteiger partial charge in [0.15, 0.2) is 10.2 Å². The van der Waals surface area contributed by atoms with Crippen molar-refractivity contribution in [2.75, 3.05) is 0 Å². The number of rotatable bonds is 2. The van der Waals surface area contributed by atoms with Gasteiger partial charge in [-0.3, -0.25) is 0 Å². The van der Waals surface area contributed by atoms with E-state index >= 15 is 0 Å². The summed E-state index contributed by atoms with van der Waals surface area (Å²) in [6.45, 7) is 2.00. The van der Waals surface area contributed by atoms with Gasteiger partial charge in [0.25, 0.3) is 0 Å². The lowest BCUT2D eigenvalue weighted by molar-refractivity contribution is 1.07. The summed E-state index contributed by atoms with van der Waals surface area (Å²) in [7, 11) is 0. The largest absolute Gasteiger partial charge is 0.249 e. The molecule has 0 saturated heterocycles. The fourth-order valence-electron chi connectivity index (χ4n) is 0.900. The number of aryl methyl sites for hydroxylation is 1. The summed E-state index contributed by atoms with van der Waals surface area (Å²) in [5.41, 5.74) is 1.11. The molecule has 2 aromatic heterocycles. The normalized spacial score (nSPS) is 10.4. The fraction of sp³-hybridized carbons (Fsp3) is 0.125. The zero-order valence-electron chi connectivity index (χ0n) is 7.27. The van der Waals surface area contributed by atoms with Crippen LogP contribution in [0.3, 0.4) is 0 Å². The number of hydrogen-bond acceptors (Lipinski definition) is 5. The molecule has 72 valence electrons. The highest BCUT2D eigenvalue weighted by molar-refractivity contribution is 7.99.